The molecule has 0 saturated carbocycles. The van der Waals surface area contributed by atoms with Crippen molar-refractivity contribution in [2.24, 2.45) is 0 Å². The van der Waals surface area contributed by atoms with Gasteiger partial charge in [-0.15, -0.1) is 0 Å². The molecule has 0 fully saturated rings. The van der Waals surface area contributed by atoms with Gasteiger partial charge in [-0.1, -0.05) is 30.3 Å². The van der Waals surface area contributed by atoms with Crippen molar-refractivity contribution in [3.05, 3.63) is 124 Å². The van der Waals surface area contributed by atoms with Crippen LogP contribution in [-0.2, 0) is 0 Å². The number of hydrogen-bond acceptors (Lipinski definition) is 4. The Bertz CT molecular complexity index is 1980. The summed E-state index contributed by atoms with van der Waals surface area (Å²) in [5, 5.41) is 11.3. The van der Waals surface area contributed by atoms with Gasteiger partial charge >= 0.3 is 0 Å². The minimum absolute atomic E-state index is 0.0369. The summed E-state index contributed by atoms with van der Waals surface area (Å²) in [5.74, 6) is 0. The Morgan fingerprint density at radius 1 is 0.590 bits per heavy atom. The molecule has 0 spiro atoms. The lowest BCUT2D eigenvalue weighted by Crippen LogP contribution is -1.91. The van der Waals surface area contributed by atoms with Crippen LogP contribution >= 0.6 is 0 Å². The maximum atomic E-state index is 11.3. The minimum atomic E-state index is -0.395. The maximum absolute atomic E-state index is 11.3. The molecule has 7 nitrogen and oxygen atoms in total. The Morgan fingerprint density at radius 3 is 1.97 bits per heavy atom. The summed E-state index contributed by atoms with van der Waals surface area (Å²) in [7, 11) is 0. The molecule has 2 aliphatic rings. The number of benzene rings is 2. The SMILES string of the molecule is O=[N+]([O-])c1ccc(-c2c3nc(cc4ccc(cc5ccc([nH]5)c(-c5ccccc5)c5nc2C=C5)[nH]4)C=C3)cc1. The summed E-state index contributed by atoms with van der Waals surface area (Å²) in [6, 6.07) is 29.0. The summed E-state index contributed by atoms with van der Waals surface area (Å²) in [5.41, 5.74) is 10.6. The van der Waals surface area contributed by atoms with Crippen molar-refractivity contribution in [2.75, 3.05) is 0 Å². The van der Waals surface area contributed by atoms with Crippen LogP contribution in [0.4, 0.5) is 5.69 Å². The predicted molar refractivity (Wildman–Crippen MR) is 156 cm³/mol. The van der Waals surface area contributed by atoms with E-state index in [1.807, 2.05) is 60.7 Å². The molecule has 7 rings (SSSR count). The molecular weight excluding hydrogens is 486 g/mol. The zero-order valence-corrected chi connectivity index (χ0v) is 20.6. The molecule has 5 heterocycles. The molecule has 5 aromatic rings. The van der Waals surface area contributed by atoms with E-state index in [1.165, 1.54) is 12.1 Å². The first-order valence-electron chi connectivity index (χ1n) is 12.5. The molecule has 0 saturated heterocycles. The molecule has 0 atom stereocenters. The van der Waals surface area contributed by atoms with Gasteiger partial charge in [-0.3, -0.25) is 10.1 Å². The fourth-order valence-electron chi connectivity index (χ4n) is 5.03. The number of aromatic nitrogens is 4. The third-order valence-electron chi connectivity index (χ3n) is 6.82. The van der Waals surface area contributed by atoms with Gasteiger partial charge in [0.05, 0.1) is 27.7 Å². The molecule has 8 bridgehead atoms. The largest absolute Gasteiger partial charge is 0.355 e. The van der Waals surface area contributed by atoms with E-state index in [4.69, 9.17) is 9.97 Å². The topological polar surface area (TPSA) is 100 Å². The molecule has 0 radical (unpaired) electrons. The summed E-state index contributed by atoms with van der Waals surface area (Å²) in [6.45, 7) is 0. The first kappa shape index (κ1) is 22.6. The van der Waals surface area contributed by atoms with Gasteiger partial charge in [-0.2, -0.15) is 0 Å². The van der Waals surface area contributed by atoms with Gasteiger partial charge in [0, 0.05) is 45.3 Å². The van der Waals surface area contributed by atoms with E-state index in [0.29, 0.717) is 0 Å². The summed E-state index contributed by atoms with van der Waals surface area (Å²) < 4.78 is 0. The average Bonchev–Trinajstić information content (AvgIpc) is 3.76. The lowest BCUT2D eigenvalue weighted by molar-refractivity contribution is -0.384. The lowest BCUT2D eigenvalue weighted by atomic mass is 10.0. The number of nitro groups is 1. The second-order valence-corrected chi connectivity index (χ2v) is 9.38. The van der Waals surface area contributed by atoms with Crippen LogP contribution in [-0.4, -0.2) is 24.9 Å². The van der Waals surface area contributed by atoms with Crippen LogP contribution in [0.5, 0.6) is 0 Å². The maximum Gasteiger partial charge on any atom is 0.269 e. The van der Waals surface area contributed by atoms with Crippen LogP contribution in [0.25, 0.3) is 68.6 Å². The Morgan fingerprint density at radius 2 is 1.21 bits per heavy atom. The van der Waals surface area contributed by atoms with Crippen LogP contribution in [0.2, 0.25) is 0 Å². The molecule has 2 aromatic carbocycles. The van der Waals surface area contributed by atoms with E-state index < -0.39 is 4.92 Å². The van der Waals surface area contributed by atoms with Gasteiger partial charge in [0.25, 0.3) is 5.69 Å². The van der Waals surface area contributed by atoms with Crippen molar-refractivity contribution >= 4 is 52.1 Å². The van der Waals surface area contributed by atoms with Crippen LogP contribution in [0.3, 0.4) is 0 Å². The van der Waals surface area contributed by atoms with Crippen LogP contribution in [0.15, 0.2) is 91.0 Å². The van der Waals surface area contributed by atoms with Crippen molar-refractivity contribution in [3.8, 4) is 22.3 Å². The van der Waals surface area contributed by atoms with Crippen LogP contribution in [0, 0.1) is 10.1 Å². The summed E-state index contributed by atoms with van der Waals surface area (Å²) in [6.07, 6.45) is 7.92. The third-order valence-corrected chi connectivity index (χ3v) is 6.82. The van der Waals surface area contributed by atoms with Crippen LogP contribution in [0.1, 0.15) is 22.8 Å². The molecule has 3 aromatic heterocycles. The second-order valence-electron chi connectivity index (χ2n) is 9.38. The number of H-pyrrole nitrogens is 2. The highest BCUT2D eigenvalue weighted by molar-refractivity contribution is 5.94. The zero-order chi connectivity index (χ0) is 26.3. The molecule has 0 amide bonds. The van der Waals surface area contributed by atoms with Gasteiger partial charge in [-0.05, 0) is 84.0 Å². The van der Waals surface area contributed by atoms with Crippen LogP contribution < -0.4 is 0 Å². The lowest BCUT2D eigenvalue weighted by Gasteiger charge is -2.05. The standard InChI is InChI=1S/C32H21N5O2/c38-37(39)26-12-6-21(7-13-26)32-28-15-11-25(35-28)19-23-9-8-22(33-23)18-24-10-14-27(34-24)31(20-4-2-1-3-5-20)29-16-17-30(32)36-29/h1-19,33-34H. The molecular formula is C32H21N5O2. The quantitative estimate of drug-likeness (QED) is 0.187. The number of hydrogen-bond donors (Lipinski definition) is 2. The van der Waals surface area contributed by atoms with Crippen molar-refractivity contribution in [1.29, 1.82) is 0 Å². The Hall–Kier alpha value is -5.56. The number of rotatable bonds is 3. The van der Waals surface area contributed by atoms with Crippen molar-refractivity contribution in [3.63, 3.8) is 0 Å². The number of aromatic amines is 2. The van der Waals surface area contributed by atoms with E-state index in [-0.39, 0.29) is 5.69 Å². The summed E-state index contributed by atoms with van der Waals surface area (Å²) in [4.78, 5) is 27.9. The average molecular weight is 508 g/mol. The fraction of sp³-hybridized carbons (Fsp3) is 0. The highest BCUT2D eigenvalue weighted by Crippen LogP contribution is 2.35. The Kier molecular flexibility index (Phi) is 5.26. The molecule has 2 N–H and O–H groups in total. The van der Waals surface area contributed by atoms with Crippen molar-refractivity contribution in [2.45, 2.75) is 0 Å². The fourth-order valence-corrected chi connectivity index (χ4v) is 5.03. The predicted octanol–water partition coefficient (Wildman–Crippen LogP) is 7.90. The molecule has 0 unspecified atom stereocenters. The number of nitrogens with one attached hydrogen (secondary N) is 2. The van der Waals surface area contributed by atoms with Gasteiger partial charge in [0.15, 0.2) is 0 Å². The molecule has 2 aliphatic heterocycles. The molecule has 186 valence electrons. The molecule has 0 aliphatic carbocycles. The van der Waals surface area contributed by atoms with Crippen molar-refractivity contribution in [1.82, 2.24) is 19.9 Å². The van der Waals surface area contributed by atoms with Gasteiger partial charge in [0.1, 0.15) is 0 Å². The van der Waals surface area contributed by atoms with Crippen molar-refractivity contribution < 1.29 is 4.92 Å². The molecule has 39 heavy (non-hydrogen) atoms. The number of non-ortho nitro benzene ring substituents is 1. The van der Waals surface area contributed by atoms with E-state index in [2.05, 4.69) is 40.3 Å². The first-order chi connectivity index (χ1) is 19.1. The number of nitro benzene ring substituents is 1. The first-order valence-corrected chi connectivity index (χ1v) is 12.5. The number of nitrogens with zero attached hydrogens (tertiary/aromatic N) is 3. The van der Waals surface area contributed by atoms with E-state index in [1.54, 1.807) is 12.1 Å². The van der Waals surface area contributed by atoms with E-state index in [0.717, 1.165) is 67.1 Å². The number of fused-ring (bicyclic) bond motifs is 8. The Labute approximate surface area is 223 Å². The molecule has 7 heteroatoms. The van der Waals surface area contributed by atoms with Gasteiger partial charge in [0.2, 0.25) is 0 Å². The third kappa shape index (κ3) is 4.22. The van der Waals surface area contributed by atoms with Gasteiger partial charge < -0.3 is 9.97 Å². The second kappa shape index (κ2) is 9.08. The monoisotopic (exact) mass is 507 g/mol. The highest BCUT2D eigenvalue weighted by atomic mass is 16.6. The minimum Gasteiger partial charge on any atom is -0.355 e. The summed E-state index contributed by atoms with van der Waals surface area (Å²) >= 11 is 0. The van der Waals surface area contributed by atoms with Gasteiger partial charge in [-0.25, -0.2) is 9.97 Å². The zero-order valence-electron chi connectivity index (χ0n) is 20.6. The highest BCUT2D eigenvalue weighted by Gasteiger charge is 2.17. The van der Waals surface area contributed by atoms with E-state index >= 15 is 0 Å². The normalized spacial score (nSPS) is 12.1. The smallest absolute Gasteiger partial charge is 0.269 e. The Balaban J connectivity index is 1.60. The van der Waals surface area contributed by atoms with E-state index in [9.17, 15) is 10.1 Å².